The van der Waals surface area contributed by atoms with Crippen LogP contribution in [-0.4, -0.2) is 38.4 Å². The van der Waals surface area contributed by atoms with Gasteiger partial charge in [-0.3, -0.25) is 9.36 Å². The SMILES string of the molecule is CCOc1nc(C2CC2)c(CNC(=O)C(S)CC(C)C)n1Cc1ccc(-c2ccccc2C(=O)O)cc1F. The fourth-order valence-electron chi connectivity index (χ4n) is 4.53. The molecule has 1 fully saturated rings. The molecule has 1 saturated carbocycles. The number of carbonyl (C=O) groups is 2. The molecule has 2 aromatic carbocycles. The van der Waals surface area contributed by atoms with Crippen LogP contribution in [0.3, 0.4) is 0 Å². The van der Waals surface area contributed by atoms with Crippen LogP contribution in [0.4, 0.5) is 4.39 Å². The summed E-state index contributed by atoms with van der Waals surface area (Å²) in [5.41, 5.74) is 3.12. The number of benzene rings is 2. The fraction of sp³-hybridized carbons (Fsp3) is 0.414. The summed E-state index contributed by atoms with van der Waals surface area (Å²) in [4.78, 5) is 29.1. The van der Waals surface area contributed by atoms with Crippen LogP contribution in [0.5, 0.6) is 6.01 Å². The van der Waals surface area contributed by atoms with Gasteiger partial charge in [0, 0.05) is 11.5 Å². The molecule has 202 valence electrons. The number of nitrogens with one attached hydrogen (secondary N) is 1. The van der Waals surface area contributed by atoms with Gasteiger partial charge in [0.1, 0.15) is 5.82 Å². The lowest BCUT2D eigenvalue weighted by molar-refractivity contribution is -0.121. The van der Waals surface area contributed by atoms with Crippen molar-refractivity contribution in [3.05, 3.63) is 70.8 Å². The molecule has 0 saturated heterocycles. The van der Waals surface area contributed by atoms with Gasteiger partial charge in [0.2, 0.25) is 5.91 Å². The summed E-state index contributed by atoms with van der Waals surface area (Å²) in [6.07, 6.45) is 2.69. The Morgan fingerprint density at radius 2 is 1.97 bits per heavy atom. The molecule has 3 aromatic rings. The monoisotopic (exact) mass is 539 g/mol. The molecule has 0 aliphatic heterocycles. The van der Waals surface area contributed by atoms with Gasteiger partial charge >= 0.3 is 5.97 Å². The summed E-state index contributed by atoms with van der Waals surface area (Å²) in [5.74, 6) is -1.05. The van der Waals surface area contributed by atoms with Crippen molar-refractivity contribution >= 4 is 24.5 Å². The molecule has 1 atom stereocenters. The Hall–Kier alpha value is -3.33. The van der Waals surface area contributed by atoms with Crippen molar-refractivity contribution < 1.29 is 23.8 Å². The zero-order valence-corrected chi connectivity index (χ0v) is 22.8. The lowest BCUT2D eigenvalue weighted by Gasteiger charge is -2.17. The van der Waals surface area contributed by atoms with Crippen LogP contribution in [0.2, 0.25) is 0 Å². The van der Waals surface area contributed by atoms with Gasteiger partial charge in [-0.2, -0.15) is 17.6 Å². The van der Waals surface area contributed by atoms with Gasteiger partial charge in [-0.25, -0.2) is 9.18 Å². The van der Waals surface area contributed by atoms with E-state index in [1.807, 2.05) is 25.3 Å². The Kier molecular flexibility index (Phi) is 8.76. The van der Waals surface area contributed by atoms with Crippen molar-refractivity contribution in [1.29, 1.82) is 0 Å². The maximum Gasteiger partial charge on any atom is 0.336 e. The molecular formula is C29H34FN3O4S. The predicted octanol–water partition coefficient (Wildman–Crippen LogP) is 5.67. The van der Waals surface area contributed by atoms with E-state index < -0.39 is 17.0 Å². The minimum Gasteiger partial charge on any atom is -0.478 e. The van der Waals surface area contributed by atoms with E-state index in [0.29, 0.717) is 47.6 Å². The number of rotatable bonds is 12. The Morgan fingerprint density at radius 3 is 2.61 bits per heavy atom. The van der Waals surface area contributed by atoms with Crippen LogP contribution < -0.4 is 10.1 Å². The maximum absolute atomic E-state index is 15.4. The molecule has 1 unspecified atom stereocenters. The van der Waals surface area contributed by atoms with Crippen LogP contribution in [0.15, 0.2) is 42.5 Å². The second-order valence-corrected chi connectivity index (χ2v) is 10.7. The Balaban J connectivity index is 1.64. The van der Waals surface area contributed by atoms with Gasteiger partial charge in [0.25, 0.3) is 6.01 Å². The molecule has 1 aliphatic carbocycles. The topological polar surface area (TPSA) is 93.5 Å². The summed E-state index contributed by atoms with van der Waals surface area (Å²) in [5, 5.41) is 12.1. The first-order chi connectivity index (χ1) is 18.2. The van der Waals surface area contributed by atoms with Gasteiger partial charge in [-0.05, 0) is 55.4 Å². The highest BCUT2D eigenvalue weighted by Crippen LogP contribution is 2.42. The highest BCUT2D eigenvalue weighted by molar-refractivity contribution is 7.81. The van der Waals surface area contributed by atoms with E-state index in [0.717, 1.165) is 24.2 Å². The molecule has 38 heavy (non-hydrogen) atoms. The number of carbonyl (C=O) groups excluding carboxylic acids is 1. The Bertz CT molecular complexity index is 1320. The highest BCUT2D eigenvalue weighted by atomic mass is 32.1. The average Bonchev–Trinajstić information content (AvgIpc) is 3.67. The highest BCUT2D eigenvalue weighted by Gasteiger charge is 2.32. The largest absolute Gasteiger partial charge is 0.478 e. The molecule has 1 amide bonds. The number of hydrogen-bond donors (Lipinski definition) is 3. The summed E-state index contributed by atoms with van der Waals surface area (Å²) in [7, 11) is 0. The lowest BCUT2D eigenvalue weighted by Crippen LogP contribution is -2.32. The second-order valence-electron chi connectivity index (χ2n) is 10.0. The third-order valence-corrected chi connectivity index (χ3v) is 7.03. The van der Waals surface area contributed by atoms with Gasteiger partial charge in [0.05, 0.1) is 41.9 Å². The number of aromatic carboxylic acids is 1. The number of aromatic nitrogens is 2. The summed E-state index contributed by atoms with van der Waals surface area (Å²) in [6, 6.07) is 11.7. The molecule has 2 N–H and O–H groups in total. The zero-order chi connectivity index (χ0) is 27.4. The summed E-state index contributed by atoms with van der Waals surface area (Å²) in [6.45, 7) is 6.75. The molecular weight excluding hydrogens is 505 g/mol. The van der Waals surface area contributed by atoms with E-state index >= 15 is 4.39 Å². The lowest BCUT2D eigenvalue weighted by atomic mass is 9.98. The number of halogens is 1. The van der Waals surface area contributed by atoms with Crippen molar-refractivity contribution in [3.63, 3.8) is 0 Å². The van der Waals surface area contributed by atoms with Gasteiger partial charge in [-0.15, -0.1) is 0 Å². The number of imidazole rings is 1. The van der Waals surface area contributed by atoms with Crippen molar-refractivity contribution in [2.75, 3.05) is 6.61 Å². The molecule has 4 rings (SSSR count). The quantitative estimate of drug-likeness (QED) is 0.258. The zero-order valence-electron chi connectivity index (χ0n) is 21.9. The number of ether oxygens (including phenoxy) is 1. The first-order valence-electron chi connectivity index (χ1n) is 13.0. The molecule has 9 heteroatoms. The predicted molar refractivity (Wildman–Crippen MR) is 147 cm³/mol. The van der Waals surface area contributed by atoms with Crippen LogP contribution in [0, 0.1) is 11.7 Å². The third kappa shape index (κ3) is 6.38. The van der Waals surface area contributed by atoms with Gasteiger partial charge in [0.15, 0.2) is 0 Å². The first kappa shape index (κ1) is 27.7. The van der Waals surface area contributed by atoms with Gasteiger partial charge in [-0.1, -0.05) is 44.2 Å². The van der Waals surface area contributed by atoms with Crippen LogP contribution >= 0.6 is 12.6 Å². The van der Waals surface area contributed by atoms with Crippen molar-refractivity contribution in [3.8, 4) is 17.1 Å². The normalized spacial score (nSPS) is 13.9. The molecule has 1 aliphatic rings. The van der Waals surface area contributed by atoms with E-state index in [1.165, 1.54) is 12.1 Å². The van der Waals surface area contributed by atoms with Crippen molar-refractivity contribution in [2.24, 2.45) is 5.92 Å². The molecule has 7 nitrogen and oxygen atoms in total. The smallest absolute Gasteiger partial charge is 0.336 e. The van der Waals surface area contributed by atoms with E-state index in [1.54, 1.807) is 30.3 Å². The van der Waals surface area contributed by atoms with E-state index in [-0.39, 0.29) is 24.6 Å². The maximum atomic E-state index is 15.4. The summed E-state index contributed by atoms with van der Waals surface area (Å²) >= 11 is 4.46. The van der Waals surface area contributed by atoms with Crippen LogP contribution in [0.1, 0.15) is 73.3 Å². The number of thiol groups is 1. The number of carboxylic acid groups (broad SMARTS) is 1. The molecule has 1 aromatic heterocycles. The third-order valence-electron chi connectivity index (χ3n) is 6.58. The summed E-state index contributed by atoms with van der Waals surface area (Å²) < 4.78 is 23.1. The van der Waals surface area contributed by atoms with Crippen LogP contribution in [-0.2, 0) is 17.9 Å². The van der Waals surface area contributed by atoms with Crippen molar-refractivity contribution in [1.82, 2.24) is 14.9 Å². The first-order valence-corrected chi connectivity index (χ1v) is 13.5. The molecule has 0 radical (unpaired) electrons. The number of hydrogen-bond acceptors (Lipinski definition) is 5. The van der Waals surface area contributed by atoms with E-state index in [2.05, 4.69) is 17.9 Å². The molecule has 0 bridgehead atoms. The van der Waals surface area contributed by atoms with Crippen LogP contribution in [0.25, 0.3) is 11.1 Å². The number of amides is 1. The van der Waals surface area contributed by atoms with Gasteiger partial charge < -0.3 is 15.2 Å². The van der Waals surface area contributed by atoms with Crippen molar-refractivity contribution in [2.45, 2.75) is 64.3 Å². The number of carboxylic acids is 1. The molecule has 1 heterocycles. The number of nitrogens with zero attached hydrogens (tertiary/aromatic N) is 2. The minimum atomic E-state index is -1.07. The van der Waals surface area contributed by atoms with E-state index in [9.17, 15) is 14.7 Å². The van der Waals surface area contributed by atoms with E-state index in [4.69, 9.17) is 9.72 Å². The average molecular weight is 540 g/mol. The second kappa shape index (κ2) is 12.0. The fourth-order valence-corrected chi connectivity index (χ4v) is 5.04. The molecule has 0 spiro atoms. The minimum absolute atomic E-state index is 0.111. The Morgan fingerprint density at radius 1 is 1.24 bits per heavy atom. The standard InChI is InChI=1S/C29H34FN3O4S/c1-4-37-29-32-26(18-9-10-18)24(15-31-27(34)25(38)13-17(2)3)33(29)16-20-12-11-19(14-23(20)30)21-7-5-6-8-22(21)28(35)36/h5-8,11-12,14,17-18,25,38H,4,9-10,13,15-16H2,1-3H3,(H,31,34)(H,35,36). The Labute approximate surface area is 227 Å².